The SMILES string of the molecule is CCCNC1CCCC1S(=O)c1cc(C)ccc1C. The molecule has 1 saturated carbocycles. The Balaban J connectivity index is 2.16. The first-order valence-electron chi connectivity index (χ1n) is 7.34. The first kappa shape index (κ1) is 14.7. The Morgan fingerprint density at radius 2 is 2.11 bits per heavy atom. The first-order valence-corrected chi connectivity index (χ1v) is 8.56. The molecular formula is C16H25NOS. The fourth-order valence-corrected chi connectivity index (χ4v) is 4.76. The van der Waals surface area contributed by atoms with Crippen LogP contribution in [-0.2, 0) is 10.8 Å². The van der Waals surface area contributed by atoms with E-state index in [4.69, 9.17) is 0 Å². The normalized spacial score (nSPS) is 24.6. The molecule has 0 spiro atoms. The van der Waals surface area contributed by atoms with Crippen molar-refractivity contribution in [2.45, 2.75) is 62.6 Å². The lowest BCUT2D eigenvalue weighted by atomic mass is 10.2. The second-order valence-electron chi connectivity index (χ2n) is 5.60. The number of rotatable bonds is 5. The molecule has 0 heterocycles. The minimum atomic E-state index is -0.877. The molecular weight excluding hydrogens is 254 g/mol. The molecule has 1 aromatic rings. The van der Waals surface area contributed by atoms with Gasteiger partial charge in [-0.2, -0.15) is 0 Å². The van der Waals surface area contributed by atoms with Crippen LogP contribution in [0.5, 0.6) is 0 Å². The van der Waals surface area contributed by atoms with E-state index in [0.717, 1.165) is 29.8 Å². The van der Waals surface area contributed by atoms with E-state index >= 15 is 0 Å². The monoisotopic (exact) mass is 279 g/mol. The van der Waals surface area contributed by atoms with Crippen LogP contribution in [0.1, 0.15) is 43.7 Å². The second-order valence-corrected chi connectivity index (χ2v) is 7.24. The maximum atomic E-state index is 12.9. The van der Waals surface area contributed by atoms with E-state index in [1.54, 1.807) is 0 Å². The lowest BCUT2D eigenvalue weighted by Gasteiger charge is -2.21. The van der Waals surface area contributed by atoms with E-state index in [0.29, 0.717) is 6.04 Å². The maximum absolute atomic E-state index is 12.9. The summed E-state index contributed by atoms with van der Waals surface area (Å²) in [4.78, 5) is 1.04. The fraction of sp³-hybridized carbons (Fsp3) is 0.625. The van der Waals surface area contributed by atoms with Crippen molar-refractivity contribution >= 4 is 10.8 Å². The van der Waals surface area contributed by atoms with Crippen LogP contribution in [0.25, 0.3) is 0 Å². The summed E-state index contributed by atoms with van der Waals surface area (Å²) in [5.41, 5.74) is 2.36. The smallest absolute Gasteiger partial charge is 0.0579 e. The van der Waals surface area contributed by atoms with Crippen molar-refractivity contribution in [1.82, 2.24) is 5.32 Å². The number of nitrogens with one attached hydrogen (secondary N) is 1. The maximum Gasteiger partial charge on any atom is 0.0579 e. The van der Waals surface area contributed by atoms with Gasteiger partial charge < -0.3 is 5.32 Å². The van der Waals surface area contributed by atoms with E-state index in [1.165, 1.54) is 18.4 Å². The highest BCUT2D eigenvalue weighted by molar-refractivity contribution is 7.85. The molecule has 1 N–H and O–H groups in total. The average molecular weight is 279 g/mol. The van der Waals surface area contributed by atoms with E-state index in [9.17, 15) is 4.21 Å². The van der Waals surface area contributed by atoms with Gasteiger partial charge in [-0.3, -0.25) is 4.21 Å². The summed E-state index contributed by atoms with van der Waals surface area (Å²) in [7, 11) is -0.877. The molecule has 3 heteroatoms. The van der Waals surface area contributed by atoms with Gasteiger partial charge in [0.15, 0.2) is 0 Å². The van der Waals surface area contributed by atoms with Crippen LogP contribution < -0.4 is 5.32 Å². The molecule has 0 aromatic heterocycles. The molecule has 106 valence electrons. The Kier molecular flexibility index (Phi) is 5.17. The van der Waals surface area contributed by atoms with Crippen LogP contribution in [0.2, 0.25) is 0 Å². The third-order valence-electron chi connectivity index (χ3n) is 3.94. The fourth-order valence-electron chi connectivity index (χ4n) is 2.83. The summed E-state index contributed by atoms with van der Waals surface area (Å²) in [5, 5.41) is 3.86. The predicted octanol–water partition coefficient (Wildman–Crippen LogP) is 3.33. The molecule has 3 atom stereocenters. The van der Waals surface area contributed by atoms with Crippen LogP contribution in [0.4, 0.5) is 0 Å². The molecule has 0 amide bonds. The first-order chi connectivity index (χ1) is 9.13. The highest BCUT2D eigenvalue weighted by atomic mass is 32.2. The minimum Gasteiger partial charge on any atom is -0.313 e. The molecule has 0 radical (unpaired) electrons. The molecule has 1 fully saturated rings. The van der Waals surface area contributed by atoms with Crippen LogP contribution in [0.3, 0.4) is 0 Å². The van der Waals surface area contributed by atoms with Crippen LogP contribution in [0, 0.1) is 13.8 Å². The molecule has 0 saturated heterocycles. The molecule has 1 aromatic carbocycles. The Morgan fingerprint density at radius 3 is 2.84 bits per heavy atom. The summed E-state index contributed by atoms with van der Waals surface area (Å²) < 4.78 is 12.9. The largest absolute Gasteiger partial charge is 0.313 e. The summed E-state index contributed by atoms with van der Waals surface area (Å²) in [5.74, 6) is 0. The molecule has 0 bridgehead atoms. The number of hydrogen-bond donors (Lipinski definition) is 1. The van der Waals surface area contributed by atoms with Crippen LogP contribution in [-0.4, -0.2) is 22.0 Å². The number of aryl methyl sites for hydroxylation is 2. The van der Waals surface area contributed by atoms with E-state index in [1.807, 2.05) is 0 Å². The zero-order chi connectivity index (χ0) is 13.8. The average Bonchev–Trinajstić information content (AvgIpc) is 2.86. The summed E-state index contributed by atoms with van der Waals surface area (Å²) in [6, 6.07) is 6.71. The Morgan fingerprint density at radius 1 is 1.32 bits per heavy atom. The standard InChI is InChI=1S/C16H25NOS/c1-4-10-17-14-6-5-7-15(14)19(18)16-11-12(2)8-9-13(16)3/h8-9,11,14-15,17H,4-7,10H2,1-3H3. The highest BCUT2D eigenvalue weighted by Crippen LogP contribution is 2.29. The van der Waals surface area contributed by atoms with Gasteiger partial charge in [-0.15, -0.1) is 0 Å². The molecule has 19 heavy (non-hydrogen) atoms. The van der Waals surface area contributed by atoms with Gasteiger partial charge in [-0.05, 0) is 56.8 Å². The van der Waals surface area contributed by atoms with Gasteiger partial charge in [-0.25, -0.2) is 0 Å². The molecule has 2 nitrogen and oxygen atoms in total. The van der Waals surface area contributed by atoms with Crippen molar-refractivity contribution < 1.29 is 4.21 Å². The van der Waals surface area contributed by atoms with Crippen molar-refractivity contribution in [3.05, 3.63) is 29.3 Å². The Bertz CT molecular complexity index is 458. The Hall–Kier alpha value is -0.670. The lowest BCUT2D eigenvalue weighted by molar-refractivity contribution is 0.523. The van der Waals surface area contributed by atoms with Gasteiger partial charge >= 0.3 is 0 Å². The van der Waals surface area contributed by atoms with Crippen LogP contribution in [0.15, 0.2) is 23.1 Å². The van der Waals surface area contributed by atoms with Crippen molar-refractivity contribution in [2.75, 3.05) is 6.54 Å². The molecule has 2 rings (SSSR count). The van der Waals surface area contributed by atoms with Gasteiger partial charge in [0.1, 0.15) is 0 Å². The molecule has 1 aliphatic rings. The van der Waals surface area contributed by atoms with E-state index < -0.39 is 10.8 Å². The van der Waals surface area contributed by atoms with Gasteiger partial charge in [0.25, 0.3) is 0 Å². The molecule has 1 aliphatic carbocycles. The third-order valence-corrected chi connectivity index (χ3v) is 5.93. The van der Waals surface area contributed by atoms with Gasteiger partial charge in [-0.1, -0.05) is 25.5 Å². The van der Waals surface area contributed by atoms with Gasteiger partial charge in [0, 0.05) is 10.9 Å². The second kappa shape index (κ2) is 6.67. The minimum absolute atomic E-state index is 0.284. The number of hydrogen-bond acceptors (Lipinski definition) is 2. The van der Waals surface area contributed by atoms with E-state index in [2.05, 4.69) is 44.3 Å². The van der Waals surface area contributed by atoms with E-state index in [-0.39, 0.29) is 5.25 Å². The molecule has 3 unspecified atom stereocenters. The topological polar surface area (TPSA) is 29.1 Å². The summed E-state index contributed by atoms with van der Waals surface area (Å²) >= 11 is 0. The molecule has 0 aliphatic heterocycles. The summed E-state index contributed by atoms with van der Waals surface area (Å²) in [6.07, 6.45) is 4.59. The number of benzene rings is 1. The lowest BCUT2D eigenvalue weighted by Crippen LogP contribution is -2.38. The quantitative estimate of drug-likeness (QED) is 0.895. The van der Waals surface area contributed by atoms with Crippen molar-refractivity contribution in [3.8, 4) is 0 Å². The van der Waals surface area contributed by atoms with Crippen LogP contribution >= 0.6 is 0 Å². The van der Waals surface area contributed by atoms with Gasteiger partial charge in [0.05, 0.1) is 16.0 Å². The van der Waals surface area contributed by atoms with Crippen molar-refractivity contribution in [2.24, 2.45) is 0 Å². The predicted molar refractivity (Wildman–Crippen MR) is 82.0 cm³/mol. The van der Waals surface area contributed by atoms with Gasteiger partial charge in [0.2, 0.25) is 0 Å². The summed E-state index contributed by atoms with van der Waals surface area (Å²) in [6.45, 7) is 7.35. The zero-order valence-electron chi connectivity index (χ0n) is 12.2. The Labute approximate surface area is 119 Å². The third kappa shape index (κ3) is 3.46. The highest BCUT2D eigenvalue weighted by Gasteiger charge is 2.32. The van der Waals surface area contributed by atoms with Crippen molar-refractivity contribution in [3.63, 3.8) is 0 Å². The van der Waals surface area contributed by atoms with Crippen molar-refractivity contribution in [1.29, 1.82) is 0 Å². The zero-order valence-corrected chi connectivity index (χ0v) is 13.1.